The van der Waals surface area contributed by atoms with Crippen molar-refractivity contribution >= 4 is 29.6 Å². The monoisotopic (exact) mass is 335 g/mol. The lowest BCUT2D eigenvalue weighted by Crippen LogP contribution is -2.09. The van der Waals surface area contributed by atoms with Crippen molar-refractivity contribution in [2.75, 3.05) is 0 Å². The molecule has 1 heterocycles. The molecule has 0 saturated carbocycles. The smallest absolute Gasteiger partial charge is 0.411 e. The normalized spacial score (nSPS) is 12.2. The fourth-order valence-corrected chi connectivity index (χ4v) is 2.70. The molecule has 1 aromatic carbocycles. The van der Waals surface area contributed by atoms with E-state index in [1.165, 1.54) is 7.05 Å². The zero-order valence-electron chi connectivity index (χ0n) is 10.6. The molecule has 0 aliphatic heterocycles. The van der Waals surface area contributed by atoms with Crippen LogP contribution in [0.5, 0.6) is 0 Å². The second-order valence-corrected chi connectivity index (χ2v) is 5.49. The number of alkyl halides is 3. The molecular weight excluding hydrogens is 327 g/mol. The number of oxime groups is 1. The molecule has 2 rings (SSSR count). The molecule has 0 aliphatic rings. The maximum atomic E-state index is 12.9. The lowest BCUT2D eigenvalue weighted by molar-refractivity contribution is -0.141. The van der Waals surface area contributed by atoms with E-state index in [1.54, 1.807) is 24.3 Å². The number of aromatic nitrogens is 2. The van der Waals surface area contributed by atoms with E-state index in [2.05, 4.69) is 10.3 Å². The predicted molar refractivity (Wildman–Crippen MR) is 73.2 cm³/mol. The van der Waals surface area contributed by atoms with E-state index in [-0.39, 0.29) is 10.6 Å². The van der Waals surface area contributed by atoms with Crippen molar-refractivity contribution < 1.29 is 18.4 Å². The van der Waals surface area contributed by atoms with Crippen LogP contribution in [0.15, 0.2) is 39.3 Å². The predicted octanol–water partition coefficient (Wildman–Crippen LogP) is 4.05. The van der Waals surface area contributed by atoms with Crippen molar-refractivity contribution in [3.8, 4) is 0 Å². The van der Waals surface area contributed by atoms with E-state index in [4.69, 9.17) is 16.8 Å². The number of hydrogen-bond acceptors (Lipinski definition) is 4. The summed E-state index contributed by atoms with van der Waals surface area (Å²) in [5.74, 6) is 0. The Balaban J connectivity index is 2.47. The first-order valence-corrected chi connectivity index (χ1v) is 6.77. The third-order valence-electron chi connectivity index (χ3n) is 2.51. The largest absolute Gasteiger partial charge is 0.435 e. The Labute approximate surface area is 127 Å². The van der Waals surface area contributed by atoms with Crippen LogP contribution >= 0.6 is 23.4 Å². The summed E-state index contributed by atoms with van der Waals surface area (Å²) in [6, 6.07) is 6.61. The Morgan fingerprint density at radius 1 is 1.33 bits per heavy atom. The van der Waals surface area contributed by atoms with Crippen LogP contribution in [0.3, 0.4) is 0 Å². The minimum Gasteiger partial charge on any atom is -0.411 e. The molecule has 0 bridgehead atoms. The van der Waals surface area contributed by atoms with Gasteiger partial charge in [-0.15, -0.1) is 0 Å². The molecule has 1 N–H and O–H groups in total. The zero-order valence-corrected chi connectivity index (χ0v) is 12.2. The summed E-state index contributed by atoms with van der Waals surface area (Å²) in [6.45, 7) is 0. The molecule has 1 aromatic heterocycles. The van der Waals surface area contributed by atoms with Gasteiger partial charge in [-0.3, -0.25) is 4.68 Å². The summed E-state index contributed by atoms with van der Waals surface area (Å²) in [5, 5.41) is 15.5. The number of hydrogen-bond donors (Lipinski definition) is 1. The van der Waals surface area contributed by atoms with Crippen LogP contribution in [0.4, 0.5) is 13.2 Å². The Bertz CT molecular complexity index is 668. The van der Waals surface area contributed by atoms with Gasteiger partial charge in [0.1, 0.15) is 5.03 Å². The molecule has 0 fully saturated rings. The molecule has 0 spiro atoms. The van der Waals surface area contributed by atoms with Crippen LogP contribution < -0.4 is 0 Å². The maximum absolute atomic E-state index is 12.9. The van der Waals surface area contributed by atoms with E-state index in [0.29, 0.717) is 9.92 Å². The van der Waals surface area contributed by atoms with E-state index in [9.17, 15) is 13.2 Å². The molecule has 0 aliphatic carbocycles. The molecular formula is C12H9ClF3N3OS. The Hall–Kier alpha value is -1.67. The first kappa shape index (κ1) is 15.7. The van der Waals surface area contributed by atoms with Gasteiger partial charge < -0.3 is 5.21 Å². The van der Waals surface area contributed by atoms with Crippen molar-refractivity contribution in [1.82, 2.24) is 9.78 Å². The summed E-state index contributed by atoms with van der Waals surface area (Å²) in [4.78, 5) is 0.684. The summed E-state index contributed by atoms with van der Waals surface area (Å²) in [6.07, 6.45) is -3.90. The van der Waals surface area contributed by atoms with Crippen LogP contribution in [-0.4, -0.2) is 21.2 Å². The van der Waals surface area contributed by atoms with Crippen molar-refractivity contribution in [1.29, 1.82) is 0 Å². The Morgan fingerprint density at radius 3 is 2.48 bits per heavy atom. The fourth-order valence-electron chi connectivity index (χ4n) is 1.64. The lowest BCUT2D eigenvalue weighted by Gasteiger charge is -2.04. The topological polar surface area (TPSA) is 50.4 Å². The molecule has 0 saturated heterocycles. The molecule has 0 atom stereocenters. The maximum Gasteiger partial charge on any atom is 0.435 e. The van der Waals surface area contributed by atoms with Gasteiger partial charge in [0.25, 0.3) is 0 Å². The standard InChI is InChI=1S/C12H9ClF3N3OS/c1-19-11(21-8-4-2-7(13)3-5-8)9(6-17-20)10(18-19)12(14,15)16/h2-6,20H,1H3. The van der Waals surface area contributed by atoms with Crippen LogP contribution in [0.1, 0.15) is 11.3 Å². The SMILES string of the molecule is Cn1nc(C(F)(F)F)c(C=NO)c1Sc1ccc(Cl)cc1. The Kier molecular flexibility index (Phi) is 4.48. The Morgan fingerprint density at radius 2 is 1.95 bits per heavy atom. The van der Waals surface area contributed by atoms with E-state index >= 15 is 0 Å². The van der Waals surface area contributed by atoms with Gasteiger partial charge in [-0.1, -0.05) is 28.5 Å². The van der Waals surface area contributed by atoms with Crippen molar-refractivity contribution in [3.63, 3.8) is 0 Å². The average Bonchev–Trinajstić information content (AvgIpc) is 2.70. The molecule has 9 heteroatoms. The van der Waals surface area contributed by atoms with E-state index in [0.717, 1.165) is 22.7 Å². The van der Waals surface area contributed by atoms with Gasteiger partial charge in [-0.2, -0.15) is 18.3 Å². The second kappa shape index (κ2) is 5.98. The van der Waals surface area contributed by atoms with Crippen LogP contribution in [0, 0.1) is 0 Å². The second-order valence-electron chi connectivity index (χ2n) is 3.99. The molecule has 112 valence electrons. The van der Waals surface area contributed by atoms with E-state index in [1.807, 2.05) is 0 Å². The van der Waals surface area contributed by atoms with Crippen molar-refractivity contribution in [2.45, 2.75) is 16.1 Å². The first-order chi connectivity index (χ1) is 9.82. The average molecular weight is 336 g/mol. The number of halogens is 4. The number of rotatable bonds is 3. The zero-order chi connectivity index (χ0) is 15.6. The highest BCUT2D eigenvalue weighted by atomic mass is 35.5. The summed E-state index contributed by atoms with van der Waals surface area (Å²) in [7, 11) is 1.39. The minimum absolute atomic E-state index is 0.211. The number of aryl methyl sites for hydroxylation is 1. The van der Waals surface area contributed by atoms with Gasteiger partial charge in [0.2, 0.25) is 0 Å². The van der Waals surface area contributed by atoms with Gasteiger partial charge in [-0.25, -0.2) is 0 Å². The third kappa shape index (κ3) is 3.51. The highest BCUT2D eigenvalue weighted by Crippen LogP contribution is 2.37. The van der Waals surface area contributed by atoms with Gasteiger partial charge in [0.05, 0.1) is 11.8 Å². The van der Waals surface area contributed by atoms with Gasteiger partial charge >= 0.3 is 6.18 Å². The highest BCUT2D eigenvalue weighted by Gasteiger charge is 2.38. The summed E-state index contributed by atoms with van der Waals surface area (Å²) < 4.78 is 39.8. The summed E-state index contributed by atoms with van der Waals surface area (Å²) >= 11 is 6.83. The van der Waals surface area contributed by atoms with E-state index < -0.39 is 11.9 Å². The molecule has 4 nitrogen and oxygen atoms in total. The molecule has 0 unspecified atom stereocenters. The number of benzene rings is 1. The summed E-state index contributed by atoms with van der Waals surface area (Å²) in [5.41, 5.74) is -1.38. The third-order valence-corrected chi connectivity index (χ3v) is 3.95. The molecule has 0 radical (unpaired) electrons. The van der Waals surface area contributed by atoms with Gasteiger partial charge in [0.15, 0.2) is 5.69 Å². The quantitative estimate of drug-likeness (QED) is 0.523. The lowest BCUT2D eigenvalue weighted by atomic mass is 10.2. The van der Waals surface area contributed by atoms with Crippen molar-refractivity contribution in [2.24, 2.45) is 12.2 Å². The van der Waals surface area contributed by atoms with Crippen LogP contribution in [0.2, 0.25) is 5.02 Å². The van der Waals surface area contributed by atoms with Crippen LogP contribution in [0.25, 0.3) is 0 Å². The minimum atomic E-state index is -4.63. The molecule has 0 amide bonds. The van der Waals surface area contributed by atoms with Crippen molar-refractivity contribution in [3.05, 3.63) is 40.5 Å². The molecule has 21 heavy (non-hydrogen) atoms. The molecule has 2 aromatic rings. The van der Waals surface area contributed by atoms with Gasteiger partial charge in [-0.05, 0) is 24.3 Å². The van der Waals surface area contributed by atoms with Crippen LogP contribution in [-0.2, 0) is 13.2 Å². The highest BCUT2D eigenvalue weighted by molar-refractivity contribution is 7.99. The van der Waals surface area contributed by atoms with Gasteiger partial charge in [0, 0.05) is 17.0 Å². The fraction of sp³-hybridized carbons (Fsp3) is 0.167. The first-order valence-electron chi connectivity index (χ1n) is 5.58. The number of nitrogens with zero attached hydrogens (tertiary/aromatic N) is 3.